The third-order valence-corrected chi connectivity index (χ3v) is 2.31. The van der Waals surface area contributed by atoms with Crippen LogP contribution in [0.3, 0.4) is 0 Å². The Morgan fingerprint density at radius 1 is 1.05 bits per heavy atom. The Morgan fingerprint density at radius 2 is 1.67 bits per heavy atom. The summed E-state index contributed by atoms with van der Waals surface area (Å²) in [6.07, 6.45) is -1.44. The van der Waals surface area contributed by atoms with E-state index < -0.39 is 11.9 Å². The third-order valence-electron chi connectivity index (χ3n) is 2.31. The summed E-state index contributed by atoms with van der Waals surface area (Å²) in [6.45, 7) is 10.6. The zero-order valence-corrected chi connectivity index (χ0v) is 13.1. The molecule has 2 heterocycles. The van der Waals surface area contributed by atoms with Crippen LogP contribution in [0, 0.1) is 0 Å². The lowest BCUT2D eigenvalue weighted by molar-refractivity contribution is -0.141. The number of aryl methyl sites for hydroxylation is 1. The van der Waals surface area contributed by atoms with E-state index in [0.717, 1.165) is 6.07 Å². The zero-order chi connectivity index (χ0) is 16.5. The predicted molar refractivity (Wildman–Crippen MR) is 78.8 cm³/mol. The number of pyridine rings is 1. The summed E-state index contributed by atoms with van der Waals surface area (Å²) >= 11 is 0. The minimum atomic E-state index is -4.40. The fourth-order valence-corrected chi connectivity index (χ4v) is 1.40. The monoisotopic (exact) mass is 301 g/mol. The van der Waals surface area contributed by atoms with Crippen molar-refractivity contribution in [3.63, 3.8) is 0 Å². The fraction of sp³-hybridized carbons (Fsp3) is 0.467. The topological polar surface area (TPSA) is 30.7 Å². The lowest BCUT2D eigenvalue weighted by atomic mass is 10.2. The van der Waals surface area contributed by atoms with Crippen LogP contribution in [0.1, 0.15) is 40.3 Å². The van der Waals surface area contributed by atoms with Crippen LogP contribution in [-0.4, -0.2) is 14.8 Å². The fourth-order valence-electron chi connectivity index (χ4n) is 1.40. The molecule has 0 unspecified atom stereocenters. The van der Waals surface area contributed by atoms with Gasteiger partial charge in [0.25, 0.3) is 0 Å². The summed E-state index contributed by atoms with van der Waals surface area (Å²) in [5, 5.41) is 4.19. The Morgan fingerprint density at radius 3 is 2.05 bits per heavy atom. The minimum absolute atomic E-state index is 0.574. The molecule has 0 aromatic carbocycles. The zero-order valence-electron chi connectivity index (χ0n) is 13.1. The van der Waals surface area contributed by atoms with E-state index in [1.807, 2.05) is 34.6 Å². The van der Waals surface area contributed by atoms with Crippen LogP contribution in [0.5, 0.6) is 0 Å². The molecule has 2 aromatic rings. The van der Waals surface area contributed by atoms with Crippen LogP contribution < -0.4 is 0 Å². The lowest BCUT2D eigenvalue weighted by Crippen LogP contribution is -2.07. The van der Waals surface area contributed by atoms with E-state index in [-0.39, 0.29) is 0 Å². The molecule has 3 nitrogen and oxygen atoms in total. The second kappa shape index (κ2) is 9.15. The first kappa shape index (κ1) is 19.1. The van der Waals surface area contributed by atoms with Crippen LogP contribution in [0.15, 0.2) is 30.6 Å². The average Bonchev–Trinajstić information content (AvgIpc) is 2.99. The summed E-state index contributed by atoms with van der Waals surface area (Å²) in [5.41, 5.74) is 0.300. The molecule has 0 aliphatic carbocycles. The highest BCUT2D eigenvalue weighted by molar-refractivity contribution is 5.57. The van der Waals surface area contributed by atoms with Crippen molar-refractivity contribution in [1.29, 1.82) is 0 Å². The molecule has 118 valence electrons. The number of hydrogen-bond acceptors (Lipinski definition) is 2. The number of aromatic nitrogens is 3. The number of rotatable bonds is 2. The van der Waals surface area contributed by atoms with Gasteiger partial charge in [0.2, 0.25) is 0 Å². The van der Waals surface area contributed by atoms with Crippen molar-refractivity contribution in [2.24, 2.45) is 0 Å². The van der Waals surface area contributed by atoms with Crippen molar-refractivity contribution in [3.8, 4) is 11.3 Å². The van der Waals surface area contributed by atoms with E-state index in [4.69, 9.17) is 0 Å². The second-order valence-electron chi connectivity index (χ2n) is 3.49. The SMILES string of the molecule is CC.CC.CCn1ccc(-c2ccc(C(F)(F)F)nc2)n1. The summed E-state index contributed by atoms with van der Waals surface area (Å²) < 4.78 is 38.6. The van der Waals surface area contributed by atoms with Crippen LogP contribution in [0.4, 0.5) is 13.2 Å². The number of nitrogens with zero attached hydrogens (tertiary/aromatic N) is 3. The van der Waals surface area contributed by atoms with Crippen molar-refractivity contribution in [3.05, 3.63) is 36.3 Å². The van der Waals surface area contributed by atoms with Gasteiger partial charge in [-0.15, -0.1) is 0 Å². The second-order valence-corrected chi connectivity index (χ2v) is 3.49. The Hall–Kier alpha value is -1.85. The molecular weight excluding hydrogens is 279 g/mol. The number of alkyl halides is 3. The molecule has 0 fully saturated rings. The smallest absolute Gasteiger partial charge is 0.272 e. The maximum absolute atomic E-state index is 12.3. The Balaban J connectivity index is 0.000000921. The highest BCUT2D eigenvalue weighted by atomic mass is 19.4. The first-order valence-electron chi connectivity index (χ1n) is 7.08. The molecule has 0 atom stereocenters. The van der Waals surface area contributed by atoms with Crippen molar-refractivity contribution in [2.75, 3.05) is 0 Å². The van der Waals surface area contributed by atoms with Gasteiger partial charge in [0, 0.05) is 24.5 Å². The van der Waals surface area contributed by atoms with Crippen LogP contribution >= 0.6 is 0 Å². The number of hydrogen-bond donors (Lipinski definition) is 0. The molecule has 0 spiro atoms. The maximum Gasteiger partial charge on any atom is 0.433 e. The molecule has 6 heteroatoms. The molecule has 21 heavy (non-hydrogen) atoms. The molecule has 0 aliphatic heterocycles. The molecule has 0 bridgehead atoms. The predicted octanol–water partition coefficient (Wildman–Crippen LogP) is 5.04. The Bertz CT molecular complexity index is 502. The normalized spacial score (nSPS) is 10.1. The highest BCUT2D eigenvalue weighted by Crippen LogP contribution is 2.28. The lowest BCUT2D eigenvalue weighted by Gasteiger charge is -2.05. The van der Waals surface area contributed by atoms with Gasteiger partial charge in [0.1, 0.15) is 5.69 Å². The van der Waals surface area contributed by atoms with Gasteiger partial charge in [-0.05, 0) is 25.1 Å². The first-order chi connectivity index (χ1) is 10.0. The summed E-state index contributed by atoms with van der Waals surface area (Å²) in [7, 11) is 0. The quantitative estimate of drug-likeness (QED) is 0.778. The standard InChI is InChI=1S/C11H10F3N3.2C2H6/c1-2-17-6-5-9(16-17)8-3-4-10(15-7-8)11(12,13)14;2*1-2/h3-7H,2H2,1H3;2*1-2H3. The van der Waals surface area contributed by atoms with Crippen LogP contribution in [0.2, 0.25) is 0 Å². The van der Waals surface area contributed by atoms with Gasteiger partial charge in [0.05, 0.1) is 5.69 Å². The molecule has 0 saturated heterocycles. The highest BCUT2D eigenvalue weighted by Gasteiger charge is 2.32. The third kappa shape index (κ3) is 5.57. The van der Waals surface area contributed by atoms with E-state index in [1.165, 1.54) is 12.3 Å². The van der Waals surface area contributed by atoms with Gasteiger partial charge in [-0.3, -0.25) is 9.67 Å². The Kier molecular flexibility index (Phi) is 8.35. The largest absolute Gasteiger partial charge is 0.433 e. The average molecular weight is 301 g/mol. The molecule has 0 N–H and O–H groups in total. The van der Waals surface area contributed by atoms with Gasteiger partial charge >= 0.3 is 6.18 Å². The van der Waals surface area contributed by atoms with E-state index >= 15 is 0 Å². The van der Waals surface area contributed by atoms with Gasteiger partial charge in [-0.2, -0.15) is 18.3 Å². The summed E-state index contributed by atoms with van der Waals surface area (Å²) in [4.78, 5) is 3.39. The molecule has 0 amide bonds. The first-order valence-corrected chi connectivity index (χ1v) is 7.08. The Labute approximate surface area is 123 Å². The van der Waals surface area contributed by atoms with E-state index in [0.29, 0.717) is 17.8 Å². The molecule has 0 saturated carbocycles. The van der Waals surface area contributed by atoms with E-state index in [1.54, 1.807) is 16.9 Å². The van der Waals surface area contributed by atoms with E-state index in [2.05, 4.69) is 10.1 Å². The van der Waals surface area contributed by atoms with Crippen LogP contribution in [-0.2, 0) is 12.7 Å². The van der Waals surface area contributed by atoms with Crippen molar-refractivity contribution >= 4 is 0 Å². The molecule has 0 aliphatic rings. The number of halogens is 3. The van der Waals surface area contributed by atoms with Crippen LogP contribution in [0.25, 0.3) is 11.3 Å². The van der Waals surface area contributed by atoms with Gasteiger partial charge < -0.3 is 0 Å². The minimum Gasteiger partial charge on any atom is -0.272 e. The molecule has 0 radical (unpaired) electrons. The summed E-state index contributed by atoms with van der Waals surface area (Å²) in [5.74, 6) is 0. The molecule has 2 rings (SSSR count). The van der Waals surface area contributed by atoms with E-state index in [9.17, 15) is 13.2 Å². The van der Waals surface area contributed by atoms with Crippen molar-refractivity contribution < 1.29 is 13.2 Å². The van der Waals surface area contributed by atoms with Gasteiger partial charge in [-0.25, -0.2) is 0 Å². The molecular formula is C15H22F3N3. The maximum atomic E-state index is 12.3. The summed E-state index contributed by atoms with van der Waals surface area (Å²) in [6, 6.07) is 4.08. The van der Waals surface area contributed by atoms with Gasteiger partial charge in [-0.1, -0.05) is 27.7 Å². The van der Waals surface area contributed by atoms with Crippen molar-refractivity contribution in [2.45, 2.75) is 47.3 Å². The molecule has 2 aromatic heterocycles. The van der Waals surface area contributed by atoms with Crippen molar-refractivity contribution in [1.82, 2.24) is 14.8 Å². The van der Waals surface area contributed by atoms with Gasteiger partial charge in [0.15, 0.2) is 0 Å².